The normalized spacial score (nSPS) is 32.9. The van der Waals surface area contributed by atoms with Gasteiger partial charge in [0.25, 0.3) is 0 Å². The number of hydrogen-bond acceptors (Lipinski definition) is 5. The highest BCUT2D eigenvalue weighted by atomic mass is 16.5. The predicted molar refractivity (Wildman–Crippen MR) is 142 cm³/mol. The number of ether oxygens (including phenoxy) is 2. The Kier molecular flexibility index (Phi) is 6.93. The summed E-state index contributed by atoms with van der Waals surface area (Å²) in [5.74, 6) is -1.14. The molecule has 5 atom stereocenters. The fourth-order valence-corrected chi connectivity index (χ4v) is 7.51. The minimum atomic E-state index is -1.10. The standard InChI is InChI=1S/C30H39N3O5/c1-2-37-22-15-13-20(14-16-22)31-27(34)24-23-17-18-30(38-23)25(24)29(36)33(21-11-7-4-8-12-21)26(30)28(35)32-19-9-5-3-6-10-19/h13-19,21,23-26H,2-12H2,1H3,(H,31,34)(H,32,35)/t23-,24-,25-,26+,30-/m0/s1. The van der Waals surface area contributed by atoms with Crippen molar-refractivity contribution >= 4 is 23.4 Å². The van der Waals surface area contributed by atoms with Gasteiger partial charge in [0.2, 0.25) is 17.7 Å². The Morgan fingerprint density at radius 2 is 1.68 bits per heavy atom. The van der Waals surface area contributed by atoms with Crippen LogP contribution in [0.2, 0.25) is 0 Å². The maximum Gasteiger partial charge on any atom is 0.246 e. The van der Waals surface area contributed by atoms with E-state index in [1.165, 1.54) is 6.42 Å². The average molecular weight is 522 g/mol. The molecule has 1 spiro atoms. The van der Waals surface area contributed by atoms with Crippen LogP contribution in [0.4, 0.5) is 5.69 Å². The second-order valence-electron chi connectivity index (χ2n) is 11.5. The largest absolute Gasteiger partial charge is 0.494 e. The molecule has 0 aromatic heterocycles. The zero-order valence-electron chi connectivity index (χ0n) is 22.2. The van der Waals surface area contributed by atoms with E-state index in [9.17, 15) is 14.4 Å². The molecule has 2 aliphatic carbocycles. The molecule has 8 nitrogen and oxygen atoms in total. The lowest BCUT2D eigenvalue weighted by atomic mass is 9.74. The summed E-state index contributed by atoms with van der Waals surface area (Å²) in [5.41, 5.74) is -0.459. The topological polar surface area (TPSA) is 97.0 Å². The lowest BCUT2D eigenvalue weighted by Gasteiger charge is -2.39. The highest BCUT2D eigenvalue weighted by molar-refractivity contribution is 6.03. The van der Waals surface area contributed by atoms with Gasteiger partial charge in [-0.2, -0.15) is 0 Å². The van der Waals surface area contributed by atoms with E-state index in [1.54, 1.807) is 12.1 Å². The molecule has 5 aliphatic rings. The monoisotopic (exact) mass is 521 g/mol. The van der Waals surface area contributed by atoms with Crippen LogP contribution in [0.1, 0.15) is 71.1 Å². The third-order valence-corrected chi connectivity index (χ3v) is 9.22. The summed E-state index contributed by atoms with van der Waals surface area (Å²) in [6.45, 7) is 2.49. The van der Waals surface area contributed by atoms with Crippen LogP contribution >= 0.6 is 0 Å². The van der Waals surface area contributed by atoms with Crippen molar-refractivity contribution in [3.8, 4) is 5.75 Å². The minimum Gasteiger partial charge on any atom is -0.494 e. The molecule has 6 rings (SSSR count). The van der Waals surface area contributed by atoms with Gasteiger partial charge in [-0.05, 0) is 56.9 Å². The second-order valence-corrected chi connectivity index (χ2v) is 11.5. The van der Waals surface area contributed by atoms with Crippen LogP contribution in [0, 0.1) is 11.8 Å². The van der Waals surface area contributed by atoms with E-state index in [-0.39, 0.29) is 29.8 Å². The Labute approximate surface area is 224 Å². The quantitative estimate of drug-likeness (QED) is 0.530. The van der Waals surface area contributed by atoms with Crippen LogP contribution in [0.3, 0.4) is 0 Å². The molecule has 2 N–H and O–H groups in total. The number of hydrogen-bond donors (Lipinski definition) is 2. The molecule has 1 aromatic carbocycles. The molecular formula is C30H39N3O5. The number of anilines is 1. The fourth-order valence-electron chi connectivity index (χ4n) is 7.51. The molecule has 38 heavy (non-hydrogen) atoms. The number of carbonyl (C=O) groups excluding carboxylic acids is 3. The molecule has 3 heterocycles. The fraction of sp³-hybridized carbons (Fsp3) is 0.633. The summed E-state index contributed by atoms with van der Waals surface area (Å²) < 4.78 is 12.0. The van der Waals surface area contributed by atoms with Crippen LogP contribution in [-0.4, -0.2) is 59.1 Å². The van der Waals surface area contributed by atoms with Gasteiger partial charge in [-0.15, -0.1) is 0 Å². The number of nitrogens with one attached hydrogen (secondary N) is 2. The first-order valence-corrected chi connectivity index (χ1v) is 14.6. The van der Waals surface area contributed by atoms with Crippen molar-refractivity contribution in [1.29, 1.82) is 0 Å². The van der Waals surface area contributed by atoms with E-state index < -0.39 is 29.6 Å². The maximum atomic E-state index is 14.2. The van der Waals surface area contributed by atoms with E-state index in [2.05, 4.69) is 10.6 Å². The van der Waals surface area contributed by atoms with Gasteiger partial charge in [0.15, 0.2) is 0 Å². The van der Waals surface area contributed by atoms with Crippen molar-refractivity contribution in [3.63, 3.8) is 0 Å². The summed E-state index contributed by atoms with van der Waals surface area (Å²) >= 11 is 0. The third kappa shape index (κ3) is 4.31. The van der Waals surface area contributed by atoms with Gasteiger partial charge in [-0.25, -0.2) is 0 Å². The van der Waals surface area contributed by atoms with Gasteiger partial charge in [0, 0.05) is 17.8 Å². The second kappa shape index (κ2) is 10.4. The number of carbonyl (C=O) groups is 3. The summed E-state index contributed by atoms with van der Waals surface area (Å²) in [6.07, 6.45) is 13.7. The van der Waals surface area contributed by atoms with Gasteiger partial charge in [0.05, 0.1) is 24.5 Å². The van der Waals surface area contributed by atoms with Crippen LogP contribution in [0.15, 0.2) is 36.4 Å². The van der Waals surface area contributed by atoms with Gasteiger partial charge in [-0.3, -0.25) is 14.4 Å². The van der Waals surface area contributed by atoms with Crippen molar-refractivity contribution in [1.82, 2.24) is 10.2 Å². The number of likely N-dealkylation sites (tertiary alicyclic amines) is 1. The van der Waals surface area contributed by atoms with Crippen molar-refractivity contribution < 1.29 is 23.9 Å². The SMILES string of the molecule is CCOc1ccc(NC(=O)[C@H]2[C@@H]3C=C[C@]4(O3)[C@@H]2C(=O)N(C2CCCCC2)[C@@H]4C(=O)NC2CCCCC2)cc1. The van der Waals surface area contributed by atoms with Crippen LogP contribution in [0.5, 0.6) is 5.75 Å². The number of fused-ring (bicyclic) bond motifs is 1. The molecule has 3 amide bonds. The predicted octanol–water partition coefficient (Wildman–Crippen LogP) is 3.96. The Hall–Kier alpha value is -2.87. The van der Waals surface area contributed by atoms with Crippen molar-refractivity contribution in [2.24, 2.45) is 11.8 Å². The molecule has 8 heteroatoms. The van der Waals surface area contributed by atoms with Crippen LogP contribution in [-0.2, 0) is 19.1 Å². The minimum absolute atomic E-state index is 0.00389. The van der Waals surface area contributed by atoms with Gasteiger partial charge in [0.1, 0.15) is 17.4 Å². The summed E-state index contributed by atoms with van der Waals surface area (Å²) in [5, 5.41) is 6.27. The first kappa shape index (κ1) is 25.4. The highest BCUT2D eigenvalue weighted by Crippen LogP contribution is 2.56. The summed E-state index contributed by atoms with van der Waals surface area (Å²) in [7, 11) is 0. The molecule has 0 unspecified atom stereocenters. The molecule has 2 saturated heterocycles. The number of amides is 3. The van der Waals surface area contributed by atoms with Gasteiger partial charge < -0.3 is 25.0 Å². The third-order valence-electron chi connectivity index (χ3n) is 9.22. The number of benzene rings is 1. The average Bonchev–Trinajstić information content (AvgIpc) is 3.58. The van der Waals surface area contributed by atoms with Gasteiger partial charge in [-0.1, -0.05) is 50.7 Å². The molecule has 3 aliphatic heterocycles. The van der Waals surface area contributed by atoms with Crippen molar-refractivity contribution in [2.45, 2.75) is 101 Å². The zero-order valence-corrected chi connectivity index (χ0v) is 22.2. The van der Waals surface area contributed by atoms with Crippen molar-refractivity contribution in [3.05, 3.63) is 36.4 Å². The lowest BCUT2D eigenvalue weighted by Crippen LogP contribution is -2.58. The van der Waals surface area contributed by atoms with E-state index >= 15 is 0 Å². The molecule has 2 saturated carbocycles. The molecule has 1 aromatic rings. The zero-order chi connectivity index (χ0) is 26.3. The molecule has 204 valence electrons. The smallest absolute Gasteiger partial charge is 0.246 e. The molecular weight excluding hydrogens is 482 g/mol. The Bertz CT molecular complexity index is 1090. The maximum absolute atomic E-state index is 14.2. The van der Waals surface area contributed by atoms with E-state index in [0.717, 1.165) is 63.5 Å². The Morgan fingerprint density at radius 1 is 1.00 bits per heavy atom. The number of nitrogens with zero attached hydrogens (tertiary/aromatic N) is 1. The van der Waals surface area contributed by atoms with Crippen molar-refractivity contribution in [2.75, 3.05) is 11.9 Å². The Morgan fingerprint density at radius 3 is 2.37 bits per heavy atom. The van der Waals surface area contributed by atoms with Crippen LogP contribution in [0.25, 0.3) is 0 Å². The lowest BCUT2D eigenvalue weighted by molar-refractivity contribution is -0.144. The summed E-state index contributed by atoms with van der Waals surface area (Å²) in [4.78, 5) is 43.6. The Balaban J connectivity index is 1.28. The summed E-state index contributed by atoms with van der Waals surface area (Å²) in [6, 6.07) is 6.63. The van der Waals surface area contributed by atoms with E-state index in [0.29, 0.717) is 12.3 Å². The highest BCUT2D eigenvalue weighted by Gasteiger charge is 2.73. The van der Waals surface area contributed by atoms with Crippen LogP contribution < -0.4 is 15.4 Å². The first-order valence-electron chi connectivity index (χ1n) is 14.6. The van der Waals surface area contributed by atoms with E-state index in [4.69, 9.17) is 9.47 Å². The first-order chi connectivity index (χ1) is 18.5. The molecule has 4 fully saturated rings. The van der Waals surface area contributed by atoms with E-state index in [1.807, 2.05) is 36.1 Å². The van der Waals surface area contributed by atoms with Gasteiger partial charge >= 0.3 is 0 Å². The number of rotatable bonds is 7. The molecule has 0 radical (unpaired) electrons. The molecule has 2 bridgehead atoms.